The van der Waals surface area contributed by atoms with Crippen molar-refractivity contribution in [1.82, 2.24) is 10.6 Å². The third-order valence-electron chi connectivity index (χ3n) is 3.99. The molecule has 0 radical (unpaired) electrons. The van der Waals surface area contributed by atoms with Crippen molar-refractivity contribution in [3.05, 3.63) is 29.8 Å². The third-order valence-corrected chi connectivity index (χ3v) is 4.21. The summed E-state index contributed by atoms with van der Waals surface area (Å²) in [7, 11) is 0. The van der Waals surface area contributed by atoms with E-state index in [0.717, 1.165) is 19.3 Å². The largest absolute Gasteiger partial charge is 0.494 e. The number of rotatable bonds is 5. The van der Waals surface area contributed by atoms with E-state index in [0.29, 0.717) is 29.1 Å². The van der Waals surface area contributed by atoms with Crippen LogP contribution in [0.4, 0.5) is 0 Å². The van der Waals surface area contributed by atoms with Crippen LogP contribution in [0.3, 0.4) is 0 Å². The number of thiocarbonyl (C=S) groups is 1. The smallest absolute Gasteiger partial charge is 0.257 e. The molecule has 1 saturated carbocycles. The van der Waals surface area contributed by atoms with Gasteiger partial charge in [0.05, 0.1) is 6.61 Å². The number of benzene rings is 1. The molecule has 0 bridgehead atoms. The fraction of sp³-hybridized carbons (Fsp3) is 0.556. The molecule has 126 valence electrons. The molecule has 1 aliphatic carbocycles. The minimum absolute atomic E-state index is 0.196. The summed E-state index contributed by atoms with van der Waals surface area (Å²) >= 11 is 5.28. The molecule has 5 heteroatoms. The maximum absolute atomic E-state index is 12.3. The lowest BCUT2D eigenvalue weighted by Crippen LogP contribution is -2.44. The SMILES string of the molecule is CCCOc1cccc(C(=O)NC(=S)NC2CCCCCC2)c1. The zero-order valence-electron chi connectivity index (χ0n) is 13.8. The predicted molar refractivity (Wildman–Crippen MR) is 96.9 cm³/mol. The number of nitrogens with one attached hydrogen (secondary N) is 2. The number of carbonyl (C=O) groups is 1. The highest BCUT2D eigenvalue weighted by molar-refractivity contribution is 7.80. The molecule has 23 heavy (non-hydrogen) atoms. The number of hydrogen-bond donors (Lipinski definition) is 2. The van der Waals surface area contributed by atoms with Crippen LogP contribution in [0.15, 0.2) is 24.3 Å². The Balaban J connectivity index is 1.86. The first-order chi connectivity index (χ1) is 11.2. The van der Waals surface area contributed by atoms with E-state index in [-0.39, 0.29) is 5.91 Å². The Morgan fingerprint density at radius 3 is 2.70 bits per heavy atom. The Hall–Kier alpha value is -1.62. The second-order valence-corrected chi connectivity index (χ2v) is 6.40. The maximum Gasteiger partial charge on any atom is 0.257 e. The molecule has 0 aromatic heterocycles. The van der Waals surface area contributed by atoms with Gasteiger partial charge in [-0.25, -0.2) is 0 Å². The highest BCUT2D eigenvalue weighted by Gasteiger charge is 2.15. The summed E-state index contributed by atoms with van der Waals surface area (Å²) in [5.41, 5.74) is 0.559. The van der Waals surface area contributed by atoms with Gasteiger partial charge in [0.15, 0.2) is 5.11 Å². The molecule has 0 aliphatic heterocycles. The summed E-state index contributed by atoms with van der Waals surface area (Å²) in [6.45, 7) is 2.70. The molecule has 0 saturated heterocycles. The van der Waals surface area contributed by atoms with Gasteiger partial charge in [0.1, 0.15) is 5.75 Å². The molecule has 1 aromatic rings. The van der Waals surface area contributed by atoms with Gasteiger partial charge in [0.2, 0.25) is 0 Å². The fourth-order valence-corrected chi connectivity index (χ4v) is 3.03. The van der Waals surface area contributed by atoms with Crippen molar-refractivity contribution in [3.63, 3.8) is 0 Å². The Bertz CT molecular complexity index is 526. The molecule has 0 unspecified atom stereocenters. The Kier molecular flexibility index (Phi) is 7.33. The molecule has 1 aliphatic rings. The molecule has 1 aromatic carbocycles. The van der Waals surface area contributed by atoms with Crippen molar-refractivity contribution >= 4 is 23.2 Å². The quantitative estimate of drug-likeness (QED) is 0.635. The normalized spacial score (nSPS) is 15.5. The predicted octanol–water partition coefficient (Wildman–Crippen LogP) is 3.80. The maximum atomic E-state index is 12.3. The van der Waals surface area contributed by atoms with Crippen molar-refractivity contribution < 1.29 is 9.53 Å². The van der Waals surface area contributed by atoms with E-state index in [2.05, 4.69) is 10.6 Å². The summed E-state index contributed by atoms with van der Waals surface area (Å²) in [6, 6.07) is 7.57. The van der Waals surface area contributed by atoms with E-state index >= 15 is 0 Å². The monoisotopic (exact) mass is 334 g/mol. The van der Waals surface area contributed by atoms with Gasteiger partial charge in [-0.15, -0.1) is 0 Å². The Labute approximate surface area is 144 Å². The van der Waals surface area contributed by atoms with E-state index < -0.39 is 0 Å². The second kappa shape index (κ2) is 9.50. The Morgan fingerprint density at radius 2 is 2.00 bits per heavy atom. The van der Waals surface area contributed by atoms with Gasteiger partial charge < -0.3 is 10.1 Å². The lowest BCUT2D eigenvalue weighted by atomic mass is 10.1. The van der Waals surface area contributed by atoms with E-state index in [9.17, 15) is 4.79 Å². The number of carbonyl (C=O) groups excluding carboxylic acids is 1. The average molecular weight is 334 g/mol. The van der Waals surface area contributed by atoms with E-state index in [1.807, 2.05) is 19.1 Å². The van der Waals surface area contributed by atoms with Crippen molar-refractivity contribution in [2.24, 2.45) is 0 Å². The summed E-state index contributed by atoms with van der Waals surface area (Å²) in [5, 5.41) is 6.47. The standard InChI is InChI=1S/C18H26N2O2S/c1-2-12-22-16-11-7-8-14(13-16)17(21)20-18(23)19-15-9-5-3-4-6-10-15/h7-8,11,13,15H,2-6,9-10,12H2,1H3,(H2,19,20,21,23). The van der Waals surface area contributed by atoms with Gasteiger partial charge >= 0.3 is 0 Å². The summed E-state index contributed by atoms with van der Waals surface area (Å²) in [4.78, 5) is 12.3. The highest BCUT2D eigenvalue weighted by atomic mass is 32.1. The fourth-order valence-electron chi connectivity index (χ4n) is 2.77. The van der Waals surface area contributed by atoms with Crippen molar-refractivity contribution in [1.29, 1.82) is 0 Å². The van der Waals surface area contributed by atoms with Crippen LogP contribution in [0.5, 0.6) is 5.75 Å². The molecule has 2 N–H and O–H groups in total. The van der Waals surface area contributed by atoms with Crippen molar-refractivity contribution in [2.45, 2.75) is 57.9 Å². The zero-order chi connectivity index (χ0) is 16.5. The molecule has 0 atom stereocenters. The minimum Gasteiger partial charge on any atom is -0.494 e. The first-order valence-electron chi connectivity index (χ1n) is 8.53. The molecule has 1 fully saturated rings. The summed E-state index contributed by atoms with van der Waals surface area (Å²) in [5.74, 6) is 0.514. The number of amides is 1. The van der Waals surface area contributed by atoms with Gasteiger partial charge in [-0.2, -0.15) is 0 Å². The zero-order valence-corrected chi connectivity index (χ0v) is 14.6. The van der Waals surface area contributed by atoms with Crippen LogP contribution in [0.25, 0.3) is 0 Å². The van der Waals surface area contributed by atoms with Crippen molar-refractivity contribution in [3.8, 4) is 5.75 Å². The number of hydrogen-bond acceptors (Lipinski definition) is 3. The molecule has 0 heterocycles. The van der Waals surface area contributed by atoms with E-state index in [1.54, 1.807) is 12.1 Å². The molecule has 2 rings (SSSR count). The minimum atomic E-state index is -0.196. The molecule has 4 nitrogen and oxygen atoms in total. The lowest BCUT2D eigenvalue weighted by Gasteiger charge is -2.18. The van der Waals surface area contributed by atoms with Gasteiger partial charge in [-0.3, -0.25) is 10.1 Å². The Morgan fingerprint density at radius 1 is 1.26 bits per heavy atom. The molecular formula is C18H26N2O2S. The van der Waals surface area contributed by atoms with Crippen LogP contribution < -0.4 is 15.4 Å². The molecule has 1 amide bonds. The van der Waals surface area contributed by atoms with Crippen LogP contribution in [0.1, 0.15) is 62.2 Å². The van der Waals surface area contributed by atoms with Crippen LogP contribution in [0.2, 0.25) is 0 Å². The van der Waals surface area contributed by atoms with Crippen molar-refractivity contribution in [2.75, 3.05) is 6.61 Å². The molecule has 0 spiro atoms. The van der Waals surface area contributed by atoms with Crippen LogP contribution >= 0.6 is 12.2 Å². The molecular weight excluding hydrogens is 308 g/mol. The van der Waals surface area contributed by atoms with Crippen LogP contribution in [-0.4, -0.2) is 23.7 Å². The summed E-state index contributed by atoms with van der Waals surface area (Å²) in [6.07, 6.45) is 8.22. The third kappa shape index (κ3) is 6.18. The van der Waals surface area contributed by atoms with E-state index in [4.69, 9.17) is 17.0 Å². The highest BCUT2D eigenvalue weighted by Crippen LogP contribution is 2.17. The summed E-state index contributed by atoms with van der Waals surface area (Å²) < 4.78 is 5.56. The van der Waals surface area contributed by atoms with Crippen LogP contribution in [-0.2, 0) is 0 Å². The van der Waals surface area contributed by atoms with Gasteiger partial charge in [0, 0.05) is 11.6 Å². The second-order valence-electron chi connectivity index (χ2n) is 5.99. The van der Waals surface area contributed by atoms with Gasteiger partial charge in [-0.1, -0.05) is 38.7 Å². The lowest BCUT2D eigenvalue weighted by molar-refractivity contribution is 0.0976. The van der Waals surface area contributed by atoms with Gasteiger partial charge in [0.25, 0.3) is 5.91 Å². The van der Waals surface area contributed by atoms with E-state index in [1.165, 1.54) is 25.7 Å². The number of ether oxygens (including phenoxy) is 1. The first kappa shape index (κ1) is 17.7. The average Bonchev–Trinajstić information content (AvgIpc) is 2.81. The topological polar surface area (TPSA) is 50.4 Å². The van der Waals surface area contributed by atoms with Gasteiger partial charge in [-0.05, 0) is 49.7 Å². The van der Waals surface area contributed by atoms with Crippen LogP contribution in [0, 0.1) is 0 Å². The first-order valence-corrected chi connectivity index (χ1v) is 8.94.